The van der Waals surface area contributed by atoms with Gasteiger partial charge in [-0.1, -0.05) is 12.1 Å². The summed E-state index contributed by atoms with van der Waals surface area (Å²) >= 11 is 0. The van der Waals surface area contributed by atoms with Crippen LogP contribution >= 0.6 is 0 Å². The zero-order valence-electron chi connectivity index (χ0n) is 18.3. The number of hydrogen-bond acceptors (Lipinski definition) is 4. The fourth-order valence-corrected chi connectivity index (χ4v) is 2.60. The van der Waals surface area contributed by atoms with Crippen LogP contribution in [-0.2, 0) is 11.3 Å². The molecule has 0 saturated heterocycles. The second-order valence-electron chi connectivity index (χ2n) is 7.91. The summed E-state index contributed by atoms with van der Waals surface area (Å²) in [6, 6.07) is 7.64. The Morgan fingerprint density at radius 3 is 2.61 bits per heavy atom. The quantitative estimate of drug-likeness (QED) is 0.322. The highest BCUT2D eigenvalue weighted by Gasteiger charge is 2.15. The molecule has 28 heavy (non-hydrogen) atoms. The third-order valence-electron chi connectivity index (χ3n) is 4.04. The van der Waals surface area contributed by atoms with Gasteiger partial charge in [-0.15, -0.1) is 0 Å². The van der Waals surface area contributed by atoms with E-state index in [0.717, 1.165) is 44.2 Å². The maximum Gasteiger partial charge on any atom is 0.251 e. The molecular formula is C21H37N5O2. The van der Waals surface area contributed by atoms with Crippen molar-refractivity contribution in [3.8, 4) is 0 Å². The molecule has 0 heterocycles. The molecule has 0 aromatic heterocycles. The van der Waals surface area contributed by atoms with Gasteiger partial charge in [0.25, 0.3) is 5.91 Å². The van der Waals surface area contributed by atoms with E-state index in [1.807, 2.05) is 45.0 Å². The molecule has 0 bridgehead atoms. The lowest BCUT2D eigenvalue weighted by Crippen LogP contribution is -2.41. The first-order chi connectivity index (χ1) is 13.2. The first kappa shape index (κ1) is 23.9. The van der Waals surface area contributed by atoms with E-state index >= 15 is 0 Å². The van der Waals surface area contributed by atoms with Gasteiger partial charge in [0.05, 0.1) is 0 Å². The van der Waals surface area contributed by atoms with Gasteiger partial charge in [0.2, 0.25) is 0 Å². The number of carbonyl (C=O) groups excluding carboxylic acids is 1. The van der Waals surface area contributed by atoms with Crippen LogP contribution in [-0.4, -0.2) is 69.8 Å². The number of hydrogen-bond donors (Lipinski definition) is 3. The molecule has 1 amide bonds. The number of nitrogens with zero attached hydrogens (tertiary/aromatic N) is 2. The zero-order valence-corrected chi connectivity index (χ0v) is 18.3. The second-order valence-corrected chi connectivity index (χ2v) is 7.91. The van der Waals surface area contributed by atoms with Crippen LogP contribution in [0.3, 0.4) is 0 Å². The average molecular weight is 392 g/mol. The van der Waals surface area contributed by atoms with E-state index in [9.17, 15) is 4.79 Å². The molecule has 1 aromatic rings. The van der Waals surface area contributed by atoms with E-state index in [2.05, 4.69) is 32.9 Å². The van der Waals surface area contributed by atoms with Crippen LogP contribution in [0.4, 0.5) is 0 Å². The minimum atomic E-state index is -0.256. The normalized spacial score (nSPS) is 12.2. The van der Waals surface area contributed by atoms with Crippen molar-refractivity contribution in [1.29, 1.82) is 0 Å². The van der Waals surface area contributed by atoms with Gasteiger partial charge in [-0.05, 0) is 51.9 Å². The molecule has 0 fully saturated rings. The standard InChI is InChI=1S/C21H37N5O2/c1-21(2,3)25-19(27)18-10-7-9-17(15-18)16-24-20(22-4)23-11-13-26(5)12-8-14-28-6/h7,9-10,15H,8,11-14,16H2,1-6H3,(H,25,27)(H2,22,23,24). The van der Waals surface area contributed by atoms with E-state index in [1.165, 1.54) is 0 Å². The smallest absolute Gasteiger partial charge is 0.251 e. The predicted molar refractivity (Wildman–Crippen MR) is 116 cm³/mol. The van der Waals surface area contributed by atoms with Gasteiger partial charge in [0.1, 0.15) is 0 Å². The topological polar surface area (TPSA) is 78.0 Å². The Balaban J connectivity index is 2.45. The molecule has 0 atom stereocenters. The fraction of sp³-hybridized carbons (Fsp3) is 0.619. The Kier molecular flexibility index (Phi) is 10.6. The third-order valence-corrected chi connectivity index (χ3v) is 4.04. The van der Waals surface area contributed by atoms with Crippen molar-refractivity contribution < 1.29 is 9.53 Å². The molecule has 0 saturated carbocycles. The van der Waals surface area contributed by atoms with Crippen LogP contribution < -0.4 is 16.0 Å². The van der Waals surface area contributed by atoms with Crippen LogP contribution in [0.5, 0.6) is 0 Å². The Labute approximate surface area is 169 Å². The first-order valence-corrected chi connectivity index (χ1v) is 9.78. The largest absolute Gasteiger partial charge is 0.385 e. The number of guanidine groups is 1. The molecule has 0 aliphatic rings. The highest BCUT2D eigenvalue weighted by Crippen LogP contribution is 2.08. The van der Waals surface area contributed by atoms with E-state index in [1.54, 1.807) is 14.2 Å². The Morgan fingerprint density at radius 1 is 1.21 bits per heavy atom. The average Bonchev–Trinajstić information content (AvgIpc) is 2.63. The Morgan fingerprint density at radius 2 is 1.96 bits per heavy atom. The molecule has 7 heteroatoms. The molecule has 0 unspecified atom stereocenters. The van der Waals surface area contributed by atoms with Gasteiger partial charge >= 0.3 is 0 Å². The first-order valence-electron chi connectivity index (χ1n) is 9.78. The predicted octanol–water partition coefficient (Wildman–Crippen LogP) is 1.85. The Hall–Kier alpha value is -2.12. The van der Waals surface area contributed by atoms with Crippen molar-refractivity contribution in [3.05, 3.63) is 35.4 Å². The van der Waals surface area contributed by atoms with Gasteiger partial charge in [0.15, 0.2) is 5.96 Å². The summed E-state index contributed by atoms with van der Waals surface area (Å²) < 4.78 is 5.08. The number of amides is 1. The maximum absolute atomic E-state index is 12.3. The molecule has 7 nitrogen and oxygen atoms in total. The minimum absolute atomic E-state index is 0.0617. The summed E-state index contributed by atoms with van der Waals surface area (Å²) in [7, 11) is 5.58. The van der Waals surface area contributed by atoms with E-state index < -0.39 is 0 Å². The number of likely N-dealkylation sites (N-methyl/N-ethyl adjacent to an activating group) is 1. The summed E-state index contributed by atoms with van der Waals surface area (Å²) in [4.78, 5) is 18.8. The molecule has 0 aliphatic heterocycles. The van der Waals surface area contributed by atoms with Gasteiger partial charge in [-0.2, -0.15) is 0 Å². The van der Waals surface area contributed by atoms with Gasteiger partial charge < -0.3 is 25.6 Å². The van der Waals surface area contributed by atoms with Crippen molar-refractivity contribution in [2.24, 2.45) is 4.99 Å². The summed E-state index contributed by atoms with van der Waals surface area (Å²) in [6.45, 7) is 10.0. The molecule has 1 rings (SSSR count). The highest BCUT2D eigenvalue weighted by molar-refractivity contribution is 5.94. The molecular weight excluding hydrogens is 354 g/mol. The van der Waals surface area contributed by atoms with Gasteiger partial charge in [-0.25, -0.2) is 0 Å². The van der Waals surface area contributed by atoms with E-state index in [4.69, 9.17) is 4.74 Å². The van der Waals surface area contributed by atoms with Crippen LogP contribution in [0.1, 0.15) is 43.1 Å². The summed E-state index contributed by atoms with van der Waals surface area (Å²) in [5.74, 6) is 0.684. The number of aliphatic imine (C=N–C) groups is 1. The number of rotatable bonds is 10. The van der Waals surface area contributed by atoms with E-state index in [0.29, 0.717) is 12.1 Å². The maximum atomic E-state index is 12.3. The lowest BCUT2D eigenvalue weighted by atomic mass is 10.1. The third kappa shape index (κ3) is 10.3. The molecule has 0 spiro atoms. The lowest BCUT2D eigenvalue weighted by molar-refractivity contribution is 0.0919. The monoisotopic (exact) mass is 391 g/mol. The molecule has 1 aromatic carbocycles. The van der Waals surface area contributed by atoms with E-state index in [-0.39, 0.29) is 11.4 Å². The lowest BCUT2D eigenvalue weighted by Gasteiger charge is -2.20. The summed E-state index contributed by atoms with van der Waals surface area (Å²) in [5.41, 5.74) is 1.43. The van der Waals surface area contributed by atoms with Crippen molar-refractivity contribution in [2.45, 2.75) is 39.3 Å². The number of ether oxygens (including phenoxy) is 1. The van der Waals surface area contributed by atoms with Gasteiger partial charge in [0, 0.05) is 58.0 Å². The fourth-order valence-electron chi connectivity index (χ4n) is 2.60. The van der Waals surface area contributed by atoms with Gasteiger partial charge in [-0.3, -0.25) is 9.79 Å². The van der Waals surface area contributed by atoms with Crippen molar-refractivity contribution in [3.63, 3.8) is 0 Å². The minimum Gasteiger partial charge on any atom is -0.385 e. The molecule has 0 radical (unpaired) electrons. The Bertz CT molecular complexity index is 625. The summed E-state index contributed by atoms with van der Waals surface area (Å²) in [5, 5.41) is 9.60. The number of carbonyl (C=O) groups is 1. The molecule has 3 N–H and O–H groups in total. The SMILES string of the molecule is CN=C(NCCN(C)CCCOC)NCc1cccc(C(=O)NC(C)(C)C)c1. The van der Waals surface area contributed by atoms with Crippen LogP contribution in [0, 0.1) is 0 Å². The molecule has 158 valence electrons. The highest BCUT2D eigenvalue weighted by atomic mass is 16.5. The number of benzene rings is 1. The summed E-state index contributed by atoms with van der Waals surface area (Å²) in [6.07, 6.45) is 1.03. The molecule has 0 aliphatic carbocycles. The van der Waals surface area contributed by atoms with Crippen LogP contribution in [0.15, 0.2) is 29.3 Å². The van der Waals surface area contributed by atoms with Crippen molar-refractivity contribution >= 4 is 11.9 Å². The van der Waals surface area contributed by atoms with Crippen LogP contribution in [0.2, 0.25) is 0 Å². The zero-order chi connectivity index (χ0) is 21.0. The van der Waals surface area contributed by atoms with Crippen molar-refractivity contribution in [1.82, 2.24) is 20.9 Å². The van der Waals surface area contributed by atoms with Crippen molar-refractivity contribution in [2.75, 3.05) is 47.4 Å². The van der Waals surface area contributed by atoms with Crippen LogP contribution in [0.25, 0.3) is 0 Å². The second kappa shape index (κ2) is 12.4. The number of nitrogens with one attached hydrogen (secondary N) is 3. The number of methoxy groups -OCH3 is 1.